The third kappa shape index (κ3) is 10.7. The fourth-order valence-electron chi connectivity index (χ4n) is 2.05. The minimum Gasteiger partial charge on any atom is -0.440 e. The molecule has 2 unspecified atom stereocenters. The second-order valence-corrected chi connectivity index (χ2v) is 9.68. The monoisotopic (exact) mass is 474 g/mol. The van der Waals surface area contributed by atoms with E-state index in [1.54, 1.807) is 48.4 Å². The number of oxazole rings is 2. The molecule has 160 valence electrons. The maximum atomic E-state index is 5.29. The molecule has 0 aliphatic carbocycles. The number of rotatable bonds is 12. The molecular formula is C17H26N6O2S4. The van der Waals surface area contributed by atoms with Gasteiger partial charge in [-0.1, -0.05) is 37.4 Å². The Bertz CT molecular complexity index is 653. The van der Waals surface area contributed by atoms with Crippen molar-refractivity contribution in [3.63, 3.8) is 0 Å². The maximum absolute atomic E-state index is 5.29. The molecular weight excluding hydrogens is 448 g/mol. The first-order chi connectivity index (χ1) is 14.0. The van der Waals surface area contributed by atoms with Gasteiger partial charge < -0.3 is 30.1 Å². The largest absolute Gasteiger partial charge is 0.440 e. The predicted molar refractivity (Wildman–Crippen MR) is 125 cm³/mol. The lowest BCUT2D eigenvalue weighted by Crippen LogP contribution is -2.41. The van der Waals surface area contributed by atoms with Crippen LogP contribution in [0, 0.1) is 0 Å². The average Bonchev–Trinajstić information content (AvgIpc) is 3.38. The minimum absolute atomic E-state index is 0.294. The highest BCUT2D eigenvalue weighted by atomic mass is 32.2. The van der Waals surface area contributed by atoms with E-state index in [2.05, 4.69) is 45.1 Å². The molecule has 0 saturated heterocycles. The molecule has 0 saturated carbocycles. The number of hydrogen-bond acceptors (Lipinski definition) is 8. The molecule has 0 bridgehead atoms. The van der Waals surface area contributed by atoms with E-state index >= 15 is 0 Å². The van der Waals surface area contributed by atoms with Gasteiger partial charge in [0.05, 0.1) is 12.4 Å². The summed E-state index contributed by atoms with van der Waals surface area (Å²) in [7, 11) is 0. The Morgan fingerprint density at radius 1 is 0.862 bits per heavy atom. The quantitative estimate of drug-likeness (QED) is 0.207. The van der Waals surface area contributed by atoms with Crippen LogP contribution in [0.15, 0.2) is 44.2 Å². The summed E-state index contributed by atoms with van der Waals surface area (Å²) in [5.41, 5.74) is 0. The summed E-state index contributed by atoms with van der Waals surface area (Å²) in [6.07, 6.45) is 7.32. The van der Waals surface area contributed by atoms with Crippen LogP contribution in [0.3, 0.4) is 0 Å². The zero-order valence-electron chi connectivity index (χ0n) is 16.3. The van der Waals surface area contributed by atoms with Crippen LogP contribution >= 0.6 is 48.0 Å². The second-order valence-electron chi connectivity index (χ2n) is 6.08. The molecule has 29 heavy (non-hydrogen) atoms. The van der Waals surface area contributed by atoms with Gasteiger partial charge in [-0.05, 0) is 30.9 Å². The summed E-state index contributed by atoms with van der Waals surface area (Å²) in [4.78, 5) is 8.19. The van der Waals surface area contributed by atoms with Gasteiger partial charge in [0.2, 0.25) is 0 Å². The third-order valence-electron chi connectivity index (χ3n) is 3.45. The van der Waals surface area contributed by atoms with E-state index in [4.69, 9.17) is 33.3 Å². The van der Waals surface area contributed by atoms with E-state index in [0.29, 0.717) is 31.2 Å². The summed E-state index contributed by atoms with van der Waals surface area (Å²) in [5, 5.41) is 16.0. The molecule has 0 radical (unpaired) electrons. The van der Waals surface area contributed by atoms with Crippen molar-refractivity contribution in [1.82, 2.24) is 31.2 Å². The Hall–Kier alpha value is -1.50. The number of nitrogens with one attached hydrogen (secondary N) is 4. The summed E-state index contributed by atoms with van der Waals surface area (Å²) in [6.45, 7) is 7.17. The number of thiocarbonyl (C=S) groups is 2. The minimum atomic E-state index is 0.294. The van der Waals surface area contributed by atoms with E-state index in [9.17, 15) is 0 Å². The summed E-state index contributed by atoms with van der Waals surface area (Å²) in [5.74, 6) is 0. The first-order valence-electron chi connectivity index (χ1n) is 9.18. The lowest BCUT2D eigenvalue weighted by atomic mass is 10.4. The van der Waals surface area contributed by atoms with Crippen LogP contribution in [0.25, 0.3) is 0 Å². The van der Waals surface area contributed by atoms with Gasteiger partial charge in [0.15, 0.2) is 10.2 Å². The van der Waals surface area contributed by atoms with Gasteiger partial charge in [-0.15, -0.1) is 0 Å². The average molecular weight is 475 g/mol. The first-order valence-corrected chi connectivity index (χ1v) is 11.8. The Balaban J connectivity index is 1.44. The van der Waals surface area contributed by atoms with Gasteiger partial charge in [-0.2, -0.15) is 0 Å². The smallest absolute Gasteiger partial charge is 0.255 e. The molecule has 4 N–H and O–H groups in total. The molecule has 2 atom stereocenters. The Labute approximate surface area is 190 Å². The standard InChI is InChI=1S/C17H26N6O2S4/c1-12(28-16-20-6-8-24-16)10-22-14(26)18-4-3-5-19-15(27)23-11-13(2)29-17-21-7-9-25-17/h6-9,12-13H,3-5,10-11H2,1-2H3,(H2,18,22,26)(H2,19,23,27). The van der Waals surface area contributed by atoms with Crippen molar-refractivity contribution >= 4 is 58.2 Å². The zero-order chi connectivity index (χ0) is 20.9. The van der Waals surface area contributed by atoms with Crippen molar-refractivity contribution in [2.45, 2.75) is 41.2 Å². The topological polar surface area (TPSA) is 100 Å². The van der Waals surface area contributed by atoms with Crippen molar-refractivity contribution in [2.24, 2.45) is 0 Å². The van der Waals surface area contributed by atoms with Gasteiger partial charge >= 0.3 is 0 Å². The van der Waals surface area contributed by atoms with Gasteiger partial charge in [0.1, 0.15) is 12.5 Å². The molecule has 0 amide bonds. The van der Waals surface area contributed by atoms with Crippen LogP contribution in [-0.2, 0) is 0 Å². The lowest BCUT2D eigenvalue weighted by Gasteiger charge is -2.15. The SMILES string of the molecule is CC(CNC(=S)NCCCNC(=S)NCC(C)Sc1ncco1)Sc1ncco1. The van der Waals surface area contributed by atoms with Crippen LogP contribution in [0.2, 0.25) is 0 Å². The highest BCUT2D eigenvalue weighted by Crippen LogP contribution is 2.20. The first kappa shape index (κ1) is 23.8. The number of thioether (sulfide) groups is 2. The third-order valence-corrected chi connectivity index (χ3v) is 5.97. The fraction of sp³-hybridized carbons (Fsp3) is 0.529. The van der Waals surface area contributed by atoms with Crippen LogP contribution < -0.4 is 21.3 Å². The van der Waals surface area contributed by atoms with Gasteiger partial charge in [-0.3, -0.25) is 0 Å². The Morgan fingerprint density at radius 2 is 1.31 bits per heavy atom. The van der Waals surface area contributed by atoms with Crippen LogP contribution in [0.5, 0.6) is 0 Å². The zero-order valence-corrected chi connectivity index (χ0v) is 19.6. The van der Waals surface area contributed by atoms with Crippen LogP contribution in [0.1, 0.15) is 20.3 Å². The Kier molecular flexibility index (Phi) is 11.2. The predicted octanol–water partition coefficient (Wildman–Crippen LogP) is 2.64. The summed E-state index contributed by atoms with van der Waals surface area (Å²) in [6, 6.07) is 0. The molecule has 2 heterocycles. The summed E-state index contributed by atoms with van der Waals surface area (Å²) < 4.78 is 10.4. The molecule has 8 nitrogen and oxygen atoms in total. The van der Waals surface area contributed by atoms with Gasteiger partial charge in [0.25, 0.3) is 10.4 Å². The molecule has 2 aromatic heterocycles. The molecule has 0 fully saturated rings. The van der Waals surface area contributed by atoms with Gasteiger partial charge in [0, 0.05) is 36.7 Å². The van der Waals surface area contributed by atoms with Crippen molar-refractivity contribution in [1.29, 1.82) is 0 Å². The highest BCUT2D eigenvalue weighted by molar-refractivity contribution is 7.99. The van der Waals surface area contributed by atoms with Crippen LogP contribution in [0.4, 0.5) is 0 Å². The normalized spacial score (nSPS) is 12.8. The van der Waals surface area contributed by atoms with E-state index in [-0.39, 0.29) is 0 Å². The van der Waals surface area contributed by atoms with Crippen molar-refractivity contribution in [3.05, 3.63) is 24.9 Å². The molecule has 0 spiro atoms. The fourth-order valence-corrected chi connectivity index (χ4v) is 3.91. The molecule has 12 heteroatoms. The second kappa shape index (κ2) is 13.7. The number of hydrogen-bond donors (Lipinski definition) is 4. The molecule has 0 aromatic carbocycles. The molecule has 0 aliphatic rings. The van der Waals surface area contributed by atoms with E-state index in [0.717, 1.165) is 32.6 Å². The van der Waals surface area contributed by atoms with Crippen LogP contribution in [-0.4, -0.2) is 56.9 Å². The molecule has 0 aliphatic heterocycles. The molecule has 2 rings (SSSR count). The van der Waals surface area contributed by atoms with Gasteiger partial charge in [-0.25, -0.2) is 9.97 Å². The summed E-state index contributed by atoms with van der Waals surface area (Å²) >= 11 is 13.7. The molecule has 2 aromatic rings. The number of aromatic nitrogens is 2. The van der Waals surface area contributed by atoms with E-state index < -0.39 is 0 Å². The number of nitrogens with zero attached hydrogens (tertiary/aromatic N) is 2. The van der Waals surface area contributed by atoms with E-state index in [1.807, 2.05) is 0 Å². The van der Waals surface area contributed by atoms with E-state index in [1.165, 1.54) is 0 Å². The van der Waals surface area contributed by atoms with Crippen molar-refractivity contribution < 1.29 is 8.83 Å². The Morgan fingerprint density at radius 3 is 1.69 bits per heavy atom. The maximum Gasteiger partial charge on any atom is 0.255 e. The van der Waals surface area contributed by atoms with Crippen molar-refractivity contribution in [3.8, 4) is 0 Å². The lowest BCUT2D eigenvalue weighted by molar-refractivity contribution is 0.453. The van der Waals surface area contributed by atoms with Crippen molar-refractivity contribution in [2.75, 3.05) is 26.2 Å². The highest BCUT2D eigenvalue weighted by Gasteiger charge is 2.09.